The zero-order chi connectivity index (χ0) is 20.9. The van der Waals surface area contributed by atoms with Crippen LogP contribution in [0, 0.1) is 6.92 Å². The van der Waals surface area contributed by atoms with Crippen molar-refractivity contribution in [2.45, 2.75) is 26.8 Å². The monoisotopic (exact) mass is 399 g/mol. The minimum absolute atomic E-state index is 0.222. The predicted molar refractivity (Wildman–Crippen MR) is 112 cm³/mol. The van der Waals surface area contributed by atoms with E-state index in [1.807, 2.05) is 56.3 Å². The normalized spacial score (nSPS) is 10.7. The molecule has 3 aromatic heterocycles. The van der Waals surface area contributed by atoms with E-state index in [1.165, 1.54) is 0 Å². The summed E-state index contributed by atoms with van der Waals surface area (Å²) in [5.41, 5.74) is 5.20. The summed E-state index contributed by atoms with van der Waals surface area (Å²) in [5, 5.41) is 6.69. The zero-order valence-corrected chi connectivity index (χ0v) is 16.8. The topological polar surface area (TPSA) is 93.8 Å². The Labute approximate surface area is 174 Å². The van der Waals surface area contributed by atoms with Crippen molar-refractivity contribution in [3.05, 3.63) is 83.8 Å². The zero-order valence-electron chi connectivity index (χ0n) is 16.8. The van der Waals surface area contributed by atoms with Crippen LogP contribution in [0.1, 0.15) is 34.6 Å². The molecule has 0 unspecified atom stereocenters. The van der Waals surface area contributed by atoms with Crippen LogP contribution >= 0.6 is 0 Å². The second-order valence-corrected chi connectivity index (χ2v) is 6.81. The van der Waals surface area contributed by atoms with E-state index in [0.717, 1.165) is 40.2 Å². The number of benzene rings is 1. The van der Waals surface area contributed by atoms with Crippen molar-refractivity contribution in [3.63, 3.8) is 0 Å². The Hall–Kier alpha value is -3.87. The second kappa shape index (κ2) is 8.65. The van der Waals surface area contributed by atoms with Crippen LogP contribution in [0.4, 0.5) is 0 Å². The molecule has 0 fully saturated rings. The van der Waals surface area contributed by atoms with Crippen molar-refractivity contribution in [2.75, 3.05) is 0 Å². The molecule has 3 heterocycles. The van der Waals surface area contributed by atoms with Crippen LogP contribution in [0.3, 0.4) is 0 Å². The molecule has 150 valence electrons. The molecule has 0 saturated heterocycles. The molecule has 0 radical (unpaired) electrons. The van der Waals surface area contributed by atoms with Crippen molar-refractivity contribution in [2.24, 2.45) is 0 Å². The maximum atomic E-state index is 12.2. The van der Waals surface area contributed by atoms with Gasteiger partial charge in [-0.2, -0.15) is 0 Å². The van der Waals surface area contributed by atoms with Gasteiger partial charge in [0, 0.05) is 36.1 Å². The molecule has 4 rings (SSSR count). The van der Waals surface area contributed by atoms with Crippen molar-refractivity contribution in [1.82, 2.24) is 25.4 Å². The Balaban J connectivity index is 1.51. The van der Waals surface area contributed by atoms with E-state index >= 15 is 0 Å². The number of hydrogen-bond acceptors (Lipinski definition) is 6. The average Bonchev–Trinajstić information content (AvgIpc) is 3.28. The van der Waals surface area contributed by atoms with Gasteiger partial charge in [0.15, 0.2) is 0 Å². The number of nitrogens with zero attached hydrogens (tertiary/aromatic N) is 4. The number of hydrogen-bond donors (Lipinski definition) is 1. The standard InChI is InChI=1S/C23H21N5O2/c1-3-18-12-21(30-28-18)23(29)26-13-16-7-9-17(10-8-16)22-19(14-25-15(2)27-22)20-6-4-5-11-24-20/h4-12,14H,3,13H2,1-2H3,(H,26,29). The first-order valence-corrected chi connectivity index (χ1v) is 9.72. The summed E-state index contributed by atoms with van der Waals surface area (Å²) < 4.78 is 5.07. The molecule has 30 heavy (non-hydrogen) atoms. The van der Waals surface area contributed by atoms with Crippen LogP contribution in [0.15, 0.2) is 65.4 Å². The van der Waals surface area contributed by atoms with Gasteiger partial charge in [0.1, 0.15) is 5.82 Å². The van der Waals surface area contributed by atoms with Gasteiger partial charge in [-0.1, -0.05) is 42.4 Å². The summed E-state index contributed by atoms with van der Waals surface area (Å²) in [6.07, 6.45) is 4.28. The van der Waals surface area contributed by atoms with Crippen molar-refractivity contribution in [1.29, 1.82) is 0 Å². The lowest BCUT2D eigenvalue weighted by Crippen LogP contribution is -2.22. The van der Waals surface area contributed by atoms with Gasteiger partial charge in [0.2, 0.25) is 5.76 Å². The molecular formula is C23H21N5O2. The van der Waals surface area contributed by atoms with Crippen molar-refractivity contribution >= 4 is 5.91 Å². The van der Waals surface area contributed by atoms with Crippen LogP contribution in [-0.4, -0.2) is 26.0 Å². The number of nitrogens with one attached hydrogen (secondary N) is 1. The highest BCUT2D eigenvalue weighted by molar-refractivity contribution is 5.91. The molecule has 0 aliphatic rings. The third-order valence-electron chi connectivity index (χ3n) is 4.68. The number of pyridine rings is 1. The Morgan fingerprint density at radius 1 is 1.10 bits per heavy atom. The minimum atomic E-state index is -0.282. The van der Waals surface area contributed by atoms with Gasteiger partial charge in [-0.15, -0.1) is 0 Å². The molecule has 0 aliphatic carbocycles. The smallest absolute Gasteiger partial charge is 0.290 e. The first-order chi connectivity index (χ1) is 14.6. The molecular weight excluding hydrogens is 378 g/mol. The van der Waals surface area contributed by atoms with Crippen LogP contribution in [0.25, 0.3) is 22.5 Å². The van der Waals surface area contributed by atoms with E-state index in [4.69, 9.17) is 4.52 Å². The lowest BCUT2D eigenvalue weighted by atomic mass is 10.0. The first-order valence-electron chi connectivity index (χ1n) is 9.72. The molecule has 0 bridgehead atoms. The molecule has 0 atom stereocenters. The quantitative estimate of drug-likeness (QED) is 0.527. The summed E-state index contributed by atoms with van der Waals surface area (Å²) >= 11 is 0. The van der Waals surface area contributed by atoms with Crippen LogP contribution < -0.4 is 5.32 Å². The number of aromatic nitrogens is 4. The number of rotatable bonds is 6. The average molecular weight is 399 g/mol. The van der Waals surface area contributed by atoms with E-state index in [9.17, 15) is 4.79 Å². The Morgan fingerprint density at radius 3 is 2.63 bits per heavy atom. The largest absolute Gasteiger partial charge is 0.351 e. The van der Waals surface area contributed by atoms with Crippen LogP contribution in [0.5, 0.6) is 0 Å². The highest BCUT2D eigenvalue weighted by atomic mass is 16.5. The second-order valence-electron chi connectivity index (χ2n) is 6.81. The molecule has 0 spiro atoms. The lowest BCUT2D eigenvalue weighted by molar-refractivity contribution is 0.0914. The van der Waals surface area contributed by atoms with E-state index in [1.54, 1.807) is 18.5 Å². The molecule has 0 aliphatic heterocycles. The summed E-state index contributed by atoms with van der Waals surface area (Å²) in [5.74, 6) is 0.634. The van der Waals surface area contributed by atoms with E-state index in [2.05, 4.69) is 25.4 Å². The van der Waals surface area contributed by atoms with E-state index < -0.39 is 0 Å². The van der Waals surface area contributed by atoms with Gasteiger partial charge >= 0.3 is 0 Å². The fourth-order valence-corrected chi connectivity index (χ4v) is 3.03. The third-order valence-corrected chi connectivity index (χ3v) is 4.68. The summed E-state index contributed by atoms with van der Waals surface area (Å²) in [4.78, 5) is 25.6. The number of amides is 1. The Morgan fingerprint density at radius 2 is 1.93 bits per heavy atom. The molecule has 7 nitrogen and oxygen atoms in total. The van der Waals surface area contributed by atoms with Crippen molar-refractivity contribution in [3.8, 4) is 22.5 Å². The van der Waals surface area contributed by atoms with Crippen LogP contribution in [0.2, 0.25) is 0 Å². The highest BCUT2D eigenvalue weighted by Crippen LogP contribution is 2.28. The summed E-state index contributed by atoms with van der Waals surface area (Å²) in [7, 11) is 0. The van der Waals surface area contributed by atoms with E-state index in [-0.39, 0.29) is 11.7 Å². The van der Waals surface area contributed by atoms with E-state index in [0.29, 0.717) is 12.4 Å². The Bertz CT molecular complexity index is 1150. The molecule has 1 aromatic carbocycles. The highest BCUT2D eigenvalue weighted by Gasteiger charge is 2.13. The number of aryl methyl sites for hydroxylation is 2. The van der Waals surface area contributed by atoms with Gasteiger partial charge in [-0.3, -0.25) is 9.78 Å². The van der Waals surface area contributed by atoms with Gasteiger partial charge in [-0.25, -0.2) is 9.97 Å². The maximum absolute atomic E-state index is 12.2. The van der Waals surface area contributed by atoms with Gasteiger partial charge < -0.3 is 9.84 Å². The summed E-state index contributed by atoms with van der Waals surface area (Å²) in [6, 6.07) is 15.3. The summed E-state index contributed by atoms with van der Waals surface area (Å²) in [6.45, 7) is 4.21. The fourth-order valence-electron chi connectivity index (χ4n) is 3.03. The Kier molecular flexibility index (Phi) is 5.61. The number of carbonyl (C=O) groups excluding carboxylic acids is 1. The van der Waals surface area contributed by atoms with Crippen LogP contribution in [-0.2, 0) is 13.0 Å². The molecule has 7 heteroatoms. The van der Waals surface area contributed by atoms with Gasteiger partial charge in [-0.05, 0) is 31.0 Å². The molecule has 1 N–H and O–H groups in total. The third kappa shape index (κ3) is 4.25. The lowest BCUT2D eigenvalue weighted by Gasteiger charge is -2.10. The maximum Gasteiger partial charge on any atom is 0.290 e. The number of carbonyl (C=O) groups is 1. The molecule has 4 aromatic rings. The SMILES string of the molecule is CCc1cc(C(=O)NCc2ccc(-c3nc(C)ncc3-c3ccccn3)cc2)on1. The fraction of sp³-hybridized carbons (Fsp3) is 0.174. The van der Waals surface area contributed by atoms with Crippen molar-refractivity contribution < 1.29 is 9.32 Å². The van der Waals surface area contributed by atoms with Gasteiger partial charge in [0.05, 0.1) is 17.1 Å². The predicted octanol–water partition coefficient (Wildman–Crippen LogP) is 3.99. The van der Waals surface area contributed by atoms with Gasteiger partial charge in [0.25, 0.3) is 5.91 Å². The molecule has 0 saturated carbocycles. The first kappa shape index (κ1) is 19.4. The minimum Gasteiger partial charge on any atom is -0.351 e. The molecule has 1 amide bonds.